The van der Waals surface area contributed by atoms with Crippen molar-refractivity contribution in [2.24, 2.45) is 7.05 Å². The highest BCUT2D eigenvalue weighted by atomic mass is 19.4. The standard InChI is InChI=1S/C17H13F3N4O2/c1-24-8-10(7-22-24)15-14(21)12(16(25)26)6-13(23-15)9-2-4-11(5-3-9)17(18,19)20/h2-8H,21H2,1H3,(H,25,26). The molecular formula is C17H13F3N4O2. The zero-order valence-electron chi connectivity index (χ0n) is 13.4. The minimum Gasteiger partial charge on any atom is -0.478 e. The number of nitrogens with zero attached hydrogens (tertiary/aromatic N) is 3. The Balaban J connectivity index is 2.16. The fraction of sp³-hybridized carbons (Fsp3) is 0.118. The smallest absolute Gasteiger partial charge is 0.416 e. The maximum absolute atomic E-state index is 12.7. The number of aryl methyl sites for hydroxylation is 1. The van der Waals surface area contributed by atoms with Crippen molar-refractivity contribution in [1.29, 1.82) is 0 Å². The summed E-state index contributed by atoms with van der Waals surface area (Å²) in [6.07, 6.45) is -1.37. The Hall–Kier alpha value is -3.36. The largest absolute Gasteiger partial charge is 0.478 e. The molecule has 6 nitrogen and oxygen atoms in total. The fourth-order valence-corrected chi connectivity index (χ4v) is 2.47. The Morgan fingerprint density at radius 1 is 1.19 bits per heavy atom. The molecule has 9 heteroatoms. The number of hydrogen-bond donors (Lipinski definition) is 2. The molecule has 0 saturated heterocycles. The van der Waals surface area contributed by atoms with E-state index in [-0.39, 0.29) is 22.6 Å². The Bertz CT molecular complexity index is 979. The van der Waals surface area contributed by atoms with Crippen molar-refractivity contribution < 1.29 is 23.1 Å². The molecule has 0 bridgehead atoms. The number of halogens is 3. The predicted molar refractivity (Wildman–Crippen MR) is 88.2 cm³/mol. The lowest BCUT2D eigenvalue weighted by atomic mass is 10.0. The van der Waals surface area contributed by atoms with Crippen molar-refractivity contribution >= 4 is 11.7 Å². The molecule has 0 fully saturated rings. The van der Waals surface area contributed by atoms with E-state index in [1.54, 1.807) is 13.2 Å². The number of alkyl halides is 3. The van der Waals surface area contributed by atoms with Crippen LogP contribution in [0.25, 0.3) is 22.5 Å². The second-order valence-corrected chi connectivity index (χ2v) is 5.60. The summed E-state index contributed by atoms with van der Waals surface area (Å²) in [4.78, 5) is 15.8. The first-order chi connectivity index (χ1) is 12.2. The first-order valence-electron chi connectivity index (χ1n) is 7.37. The van der Waals surface area contributed by atoms with Crippen LogP contribution in [0.3, 0.4) is 0 Å². The van der Waals surface area contributed by atoms with Crippen molar-refractivity contribution in [2.45, 2.75) is 6.18 Å². The number of carboxylic acids is 1. The fourth-order valence-electron chi connectivity index (χ4n) is 2.47. The highest BCUT2D eigenvalue weighted by molar-refractivity contribution is 5.98. The summed E-state index contributed by atoms with van der Waals surface area (Å²) in [6, 6.07) is 5.54. The Morgan fingerprint density at radius 2 is 1.85 bits per heavy atom. The van der Waals surface area contributed by atoms with E-state index < -0.39 is 17.7 Å². The van der Waals surface area contributed by atoms with Crippen LogP contribution in [0.4, 0.5) is 18.9 Å². The number of anilines is 1. The number of aromatic carboxylic acids is 1. The highest BCUT2D eigenvalue weighted by Crippen LogP contribution is 2.33. The van der Waals surface area contributed by atoms with Gasteiger partial charge in [-0.3, -0.25) is 4.68 Å². The molecule has 0 amide bonds. The van der Waals surface area contributed by atoms with Crippen LogP contribution in [0, 0.1) is 0 Å². The number of carbonyl (C=O) groups is 1. The predicted octanol–water partition coefficient (Wildman–Crippen LogP) is 3.45. The molecule has 3 N–H and O–H groups in total. The van der Waals surface area contributed by atoms with Gasteiger partial charge in [-0.15, -0.1) is 0 Å². The van der Waals surface area contributed by atoms with E-state index in [9.17, 15) is 23.1 Å². The van der Waals surface area contributed by atoms with E-state index in [1.165, 1.54) is 29.1 Å². The third-order valence-corrected chi connectivity index (χ3v) is 3.78. The van der Waals surface area contributed by atoms with Crippen LogP contribution >= 0.6 is 0 Å². The van der Waals surface area contributed by atoms with E-state index in [0.717, 1.165) is 12.1 Å². The van der Waals surface area contributed by atoms with Gasteiger partial charge in [0.25, 0.3) is 0 Å². The van der Waals surface area contributed by atoms with Gasteiger partial charge in [0, 0.05) is 24.4 Å². The van der Waals surface area contributed by atoms with E-state index in [4.69, 9.17) is 5.73 Å². The molecule has 0 spiro atoms. The number of rotatable bonds is 3. The number of hydrogen-bond acceptors (Lipinski definition) is 4. The van der Waals surface area contributed by atoms with Crippen LogP contribution in [0.1, 0.15) is 15.9 Å². The first-order valence-corrected chi connectivity index (χ1v) is 7.37. The minimum absolute atomic E-state index is 0.0406. The number of nitrogen functional groups attached to an aromatic ring is 1. The average Bonchev–Trinajstić information content (AvgIpc) is 3.00. The highest BCUT2D eigenvalue weighted by Gasteiger charge is 2.30. The summed E-state index contributed by atoms with van der Waals surface area (Å²) in [7, 11) is 1.68. The lowest BCUT2D eigenvalue weighted by Crippen LogP contribution is -2.07. The molecular weight excluding hydrogens is 349 g/mol. The van der Waals surface area contributed by atoms with Crippen molar-refractivity contribution in [2.75, 3.05) is 5.73 Å². The summed E-state index contributed by atoms with van der Waals surface area (Å²) in [5.41, 5.74) is 6.13. The number of benzene rings is 1. The molecule has 26 heavy (non-hydrogen) atoms. The van der Waals surface area contributed by atoms with Gasteiger partial charge in [0.2, 0.25) is 0 Å². The summed E-state index contributed by atoms with van der Waals surface area (Å²) in [5, 5.41) is 13.4. The molecule has 134 valence electrons. The molecule has 0 aliphatic rings. The molecule has 0 aliphatic carbocycles. The first kappa shape index (κ1) is 17.5. The van der Waals surface area contributed by atoms with E-state index in [1.807, 2.05) is 0 Å². The maximum Gasteiger partial charge on any atom is 0.416 e. The van der Waals surface area contributed by atoms with Gasteiger partial charge in [-0.05, 0) is 18.2 Å². The molecule has 2 aromatic heterocycles. The van der Waals surface area contributed by atoms with Crippen molar-refractivity contribution in [1.82, 2.24) is 14.8 Å². The van der Waals surface area contributed by atoms with E-state index in [0.29, 0.717) is 11.1 Å². The Labute approximate surface area is 145 Å². The SMILES string of the molecule is Cn1cc(-c2nc(-c3ccc(C(F)(F)F)cc3)cc(C(=O)O)c2N)cn1. The lowest BCUT2D eigenvalue weighted by Gasteiger charge is -2.11. The normalized spacial score (nSPS) is 11.5. The van der Waals surface area contributed by atoms with Gasteiger partial charge in [0.15, 0.2) is 0 Å². The molecule has 0 radical (unpaired) electrons. The lowest BCUT2D eigenvalue weighted by molar-refractivity contribution is -0.137. The Morgan fingerprint density at radius 3 is 2.35 bits per heavy atom. The number of nitrogens with two attached hydrogens (primary N) is 1. The van der Waals surface area contributed by atoms with Crippen LogP contribution < -0.4 is 5.73 Å². The van der Waals surface area contributed by atoms with Gasteiger partial charge in [0.1, 0.15) is 0 Å². The van der Waals surface area contributed by atoms with Gasteiger partial charge in [-0.25, -0.2) is 9.78 Å². The van der Waals surface area contributed by atoms with Gasteiger partial charge in [-0.1, -0.05) is 12.1 Å². The van der Waals surface area contributed by atoms with Crippen molar-refractivity contribution in [3.05, 3.63) is 53.9 Å². The summed E-state index contributed by atoms with van der Waals surface area (Å²) < 4.78 is 39.6. The molecule has 2 heterocycles. The van der Waals surface area contributed by atoms with Crippen molar-refractivity contribution in [3.8, 4) is 22.5 Å². The Kier molecular flexibility index (Phi) is 4.15. The van der Waals surface area contributed by atoms with Gasteiger partial charge in [0.05, 0.1) is 34.4 Å². The molecule has 0 saturated carbocycles. The third kappa shape index (κ3) is 3.23. The van der Waals surface area contributed by atoms with E-state index >= 15 is 0 Å². The summed E-state index contributed by atoms with van der Waals surface area (Å²) in [5.74, 6) is -1.26. The summed E-state index contributed by atoms with van der Waals surface area (Å²) in [6.45, 7) is 0. The number of aromatic nitrogens is 3. The molecule has 1 aromatic carbocycles. The minimum atomic E-state index is -4.46. The maximum atomic E-state index is 12.7. The zero-order valence-corrected chi connectivity index (χ0v) is 13.4. The molecule has 3 rings (SSSR count). The monoisotopic (exact) mass is 362 g/mol. The zero-order chi connectivity index (χ0) is 19.1. The van der Waals surface area contributed by atoms with Crippen molar-refractivity contribution in [3.63, 3.8) is 0 Å². The van der Waals surface area contributed by atoms with Gasteiger partial charge >= 0.3 is 12.1 Å². The van der Waals surface area contributed by atoms with Crippen LogP contribution in [-0.2, 0) is 13.2 Å². The quantitative estimate of drug-likeness (QED) is 0.744. The second-order valence-electron chi connectivity index (χ2n) is 5.60. The van der Waals surface area contributed by atoms with Crippen LogP contribution in [0.15, 0.2) is 42.7 Å². The summed E-state index contributed by atoms with van der Waals surface area (Å²) >= 11 is 0. The number of pyridine rings is 1. The van der Waals surface area contributed by atoms with Gasteiger partial charge < -0.3 is 10.8 Å². The topological polar surface area (TPSA) is 94.0 Å². The third-order valence-electron chi connectivity index (χ3n) is 3.78. The van der Waals surface area contributed by atoms with Crippen LogP contribution in [0.2, 0.25) is 0 Å². The second kappa shape index (κ2) is 6.17. The molecule has 0 aliphatic heterocycles. The molecule has 0 atom stereocenters. The van der Waals surface area contributed by atoms with Gasteiger partial charge in [-0.2, -0.15) is 18.3 Å². The molecule has 3 aromatic rings. The number of carboxylic acid groups (broad SMARTS) is 1. The van der Waals surface area contributed by atoms with Crippen LogP contribution in [0.5, 0.6) is 0 Å². The van der Waals surface area contributed by atoms with Crippen LogP contribution in [-0.4, -0.2) is 25.8 Å². The average molecular weight is 362 g/mol. The van der Waals surface area contributed by atoms with E-state index in [2.05, 4.69) is 10.1 Å². The molecule has 0 unspecified atom stereocenters.